The number of hydrogen-bond acceptors (Lipinski definition) is 4. The maximum atomic E-state index is 11.0. The number of amides is 1. The van der Waals surface area contributed by atoms with Crippen LogP contribution >= 0.6 is 11.3 Å². The number of benzene rings is 1. The van der Waals surface area contributed by atoms with Crippen molar-refractivity contribution < 1.29 is 4.79 Å². The lowest BCUT2D eigenvalue weighted by atomic mass is 10.1. The number of rotatable bonds is 2. The predicted molar refractivity (Wildman–Crippen MR) is 76.6 cm³/mol. The van der Waals surface area contributed by atoms with Crippen molar-refractivity contribution in [2.24, 2.45) is 5.73 Å². The summed E-state index contributed by atoms with van der Waals surface area (Å²) in [7, 11) is 0. The van der Waals surface area contributed by atoms with Gasteiger partial charge < -0.3 is 11.5 Å². The largest absolute Gasteiger partial charge is 0.389 e. The van der Waals surface area contributed by atoms with Gasteiger partial charge in [-0.1, -0.05) is 48.9 Å². The van der Waals surface area contributed by atoms with Gasteiger partial charge in [-0.2, -0.15) is 0 Å². The maximum absolute atomic E-state index is 11.0. The van der Waals surface area contributed by atoms with E-state index in [4.69, 9.17) is 11.5 Å². The lowest BCUT2D eigenvalue weighted by molar-refractivity contribution is 0.0997. The average molecular weight is 263 g/mol. The molecule has 0 spiro atoms. The van der Waals surface area contributed by atoms with Crippen molar-refractivity contribution in [2.75, 3.05) is 5.73 Å². The number of nitrogens with two attached hydrogens (primary N) is 2. The first kappa shape index (κ1) is 14.2. The number of primary amides is 1. The molecule has 0 aliphatic rings. The highest BCUT2D eigenvalue weighted by atomic mass is 32.1. The Hall–Kier alpha value is -1.88. The quantitative estimate of drug-likeness (QED) is 0.874. The minimum Gasteiger partial charge on any atom is -0.389 e. The zero-order chi connectivity index (χ0) is 13.7. The van der Waals surface area contributed by atoms with Crippen molar-refractivity contribution >= 4 is 22.2 Å². The first-order chi connectivity index (χ1) is 8.58. The first-order valence-electron chi connectivity index (χ1n) is 5.71. The van der Waals surface area contributed by atoms with E-state index in [1.807, 2.05) is 45.0 Å². The van der Waals surface area contributed by atoms with Gasteiger partial charge in [-0.15, -0.1) is 0 Å². The van der Waals surface area contributed by atoms with Crippen molar-refractivity contribution in [3.05, 3.63) is 35.5 Å². The Morgan fingerprint density at radius 3 is 2.50 bits per heavy atom. The molecule has 4 nitrogen and oxygen atoms in total. The van der Waals surface area contributed by atoms with Gasteiger partial charge in [-0.3, -0.25) is 4.79 Å². The third-order valence-electron chi connectivity index (χ3n) is 2.15. The van der Waals surface area contributed by atoms with Gasteiger partial charge in [0.1, 0.15) is 10.0 Å². The summed E-state index contributed by atoms with van der Waals surface area (Å²) in [4.78, 5) is 15.2. The molecule has 0 saturated heterocycles. The number of carbonyl (C=O) groups is 1. The van der Waals surface area contributed by atoms with E-state index in [0.717, 1.165) is 16.1 Å². The fraction of sp³-hybridized carbons (Fsp3) is 0.231. The molecule has 0 aliphatic carbocycles. The third kappa shape index (κ3) is 3.07. The highest BCUT2D eigenvalue weighted by Gasteiger charge is 2.14. The maximum Gasteiger partial charge on any atom is 0.270 e. The topological polar surface area (TPSA) is 82.0 Å². The Labute approximate surface area is 111 Å². The second-order valence-electron chi connectivity index (χ2n) is 3.47. The van der Waals surface area contributed by atoms with Crippen LogP contribution < -0.4 is 11.5 Å². The van der Waals surface area contributed by atoms with Crippen LogP contribution in [0.1, 0.15) is 29.9 Å². The molecular weight excluding hydrogens is 246 g/mol. The van der Waals surface area contributed by atoms with Gasteiger partial charge in [0.05, 0.1) is 0 Å². The number of aryl methyl sites for hydroxylation is 1. The van der Waals surface area contributed by atoms with Crippen LogP contribution in [0.4, 0.5) is 5.00 Å². The number of aromatic nitrogens is 1. The number of nitrogen functional groups attached to an aromatic ring is 1. The van der Waals surface area contributed by atoms with Crippen LogP contribution in [0.2, 0.25) is 0 Å². The van der Waals surface area contributed by atoms with Crippen LogP contribution in [0.3, 0.4) is 0 Å². The predicted octanol–water partition coefficient (Wildman–Crippen LogP) is 2.83. The van der Waals surface area contributed by atoms with Crippen LogP contribution in [0.15, 0.2) is 24.3 Å². The molecule has 0 aliphatic heterocycles. The minimum absolute atomic E-state index is 0.154. The second-order valence-corrected chi connectivity index (χ2v) is 4.50. The first-order valence-corrected chi connectivity index (χ1v) is 6.52. The standard InChI is InChI=1S/C11H11N3OS.C2H6/c1-6-3-2-4-7(5-6)11-14-8(9(12)15)10(13)16-11;1-2/h2-5H,13H2,1H3,(H2,12,15);1-2H3. The third-order valence-corrected chi connectivity index (χ3v) is 3.09. The van der Waals surface area contributed by atoms with Gasteiger partial charge in [0.15, 0.2) is 5.69 Å². The molecule has 1 heterocycles. The van der Waals surface area contributed by atoms with Crippen LogP contribution in [0.5, 0.6) is 0 Å². The highest BCUT2D eigenvalue weighted by molar-refractivity contribution is 7.19. The van der Waals surface area contributed by atoms with Crippen molar-refractivity contribution in [1.82, 2.24) is 4.98 Å². The molecule has 5 heteroatoms. The number of hydrogen-bond donors (Lipinski definition) is 2. The van der Waals surface area contributed by atoms with E-state index in [1.165, 1.54) is 11.3 Å². The highest BCUT2D eigenvalue weighted by Crippen LogP contribution is 2.29. The Kier molecular flexibility index (Phi) is 4.85. The minimum atomic E-state index is -0.590. The lowest BCUT2D eigenvalue weighted by Crippen LogP contribution is -2.13. The van der Waals surface area contributed by atoms with Gasteiger partial charge in [0, 0.05) is 5.56 Å². The van der Waals surface area contributed by atoms with Gasteiger partial charge in [-0.25, -0.2) is 4.98 Å². The number of carbonyl (C=O) groups excluding carboxylic acids is 1. The molecule has 0 unspecified atom stereocenters. The molecule has 0 bridgehead atoms. The Morgan fingerprint density at radius 2 is 2.00 bits per heavy atom. The summed E-state index contributed by atoms with van der Waals surface area (Å²) in [5.74, 6) is -0.590. The smallest absolute Gasteiger partial charge is 0.270 e. The van der Waals surface area contributed by atoms with Gasteiger partial charge in [0.25, 0.3) is 5.91 Å². The zero-order valence-electron chi connectivity index (χ0n) is 10.7. The Morgan fingerprint density at radius 1 is 1.33 bits per heavy atom. The fourth-order valence-corrected chi connectivity index (χ4v) is 2.24. The van der Waals surface area contributed by atoms with E-state index in [9.17, 15) is 4.79 Å². The molecule has 0 radical (unpaired) electrons. The summed E-state index contributed by atoms with van der Waals surface area (Å²) in [6.45, 7) is 6.00. The van der Waals surface area contributed by atoms with Crippen molar-refractivity contribution in [2.45, 2.75) is 20.8 Å². The van der Waals surface area contributed by atoms with Crippen LogP contribution in [-0.4, -0.2) is 10.9 Å². The molecule has 1 aromatic carbocycles. The number of nitrogens with zero attached hydrogens (tertiary/aromatic N) is 1. The molecule has 2 rings (SSSR count). The summed E-state index contributed by atoms with van der Waals surface area (Å²) in [5.41, 5.74) is 13.1. The molecule has 2 aromatic rings. The van der Waals surface area contributed by atoms with Crippen LogP contribution in [0, 0.1) is 6.92 Å². The van der Waals surface area contributed by atoms with Gasteiger partial charge in [0.2, 0.25) is 0 Å². The summed E-state index contributed by atoms with van der Waals surface area (Å²) >= 11 is 1.27. The molecule has 0 atom stereocenters. The van der Waals surface area contributed by atoms with Crippen LogP contribution in [-0.2, 0) is 0 Å². The molecule has 4 N–H and O–H groups in total. The van der Waals surface area contributed by atoms with E-state index < -0.39 is 5.91 Å². The van der Waals surface area contributed by atoms with E-state index in [2.05, 4.69) is 4.98 Å². The molecule has 0 saturated carbocycles. The van der Waals surface area contributed by atoms with E-state index >= 15 is 0 Å². The van der Waals surface area contributed by atoms with E-state index in [1.54, 1.807) is 0 Å². The Bertz CT molecular complexity index is 549. The molecule has 18 heavy (non-hydrogen) atoms. The van der Waals surface area contributed by atoms with Crippen LogP contribution in [0.25, 0.3) is 10.6 Å². The molecule has 1 aromatic heterocycles. The number of thiazole rings is 1. The van der Waals surface area contributed by atoms with Crippen molar-refractivity contribution in [3.63, 3.8) is 0 Å². The zero-order valence-corrected chi connectivity index (χ0v) is 11.5. The van der Waals surface area contributed by atoms with E-state index in [-0.39, 0.29) is 5.69 Å². The monoisotopic (exact) mass is 263 g/mol. The second kappa shape index (κ2) is 6.16. The van der Waals surface area contributed by atoms with Crippen molar-refractivity contribution in [1.29, 1.82) is 0 Å². The van der Waals surface area contributed by atoms with E-state index in [0.29, 0.717) is 5.00 Å². The Balaban J connectivity index is 0.000000771. The summed E-state index contributed by atoms with van der Waals surface area (Å²) in [6, 6.07) is 7.85. The van der Waals surface area contributed by atoms with Gasteiger partial charge in [-0.05, 0) is 13.0 Å². The summed E-state index contributed by atoms with van der Waals surface area (Å²) in [6.07, 6.45) is 0. The average Bonchev–Trinajstić information content (AvgIpc) is 2.74. The van der Waals surface area contributed by atoms with Gasteiger partial charge >= 0.3 is 0 Å². The molecule has 96 valence electrons. The SMILES string of the molecule is CC.Cc1cccc(-c2nc(C(N)=O)c(N)s2)c1. The molecular formula is C13H17N3OS. The number of anilines is 1. The van der Waals surface area contributed by atoms with Crippen molar-refractivity contribution in [3.8, 4) is 10.6 Å². The molecule has 1 amide bonds. The summed E-state index contributed by atoms with van der Waals surface area (Å²) in [5, 5.41) is 1.08. The normalized spacial score (nSPS) is 9.50. The molecule has 0 fully saturated rings. The lowest BCUT2D eigenvalue weighted by Gasteiger charge is -1.96. The summed E-state index contributed by atoms with van der Waals surface area (Å²) < 4.78 is 0. The fourth-order valence-electron chi connectivity index (χ4n) is 1.41.